The van der Waals surface area contributed by atoms with E-state index in [-0.39, 0.29) is 12.6 Å². The number of hydrogen-bond acceptors (Lipinski definition) is 7. The number of aryl methyl sites for hydroxylation is 1. The van der Waals surface area contributed by atoms with Gasteiger partial charge < -0.3 is 14.6 Å². The summed E-state index contributed by atoms with van der Waals surface area (Å²) >= 11 is 0. The van der Waals surface area contributed by atoms with E-state index in [1.165, 1.54) is 4.90 Å². The molecule has 0 bridgehead atoms. The Morgan fingerprint density at radius 3 is 2.96 bits per heavy atom. The topological polar surface area (TPSA) is 111 Å². The minimum absolute atomic E-state index is 0.0189. The molecule has 1 N–H and O–H groups in total. The van der Waals surface area contributed by atoms with Gasteiger partial charge >= 0.3 is 6.09 Å². The minimum Gasteiger partial charge on any atom is -0.446 e. The first kappa shape index (κ1) is 18.0. The van der Waals surface area contributed by atoms with Crippen LogP contribution in [0.25, 0.3) is 21.9 Å². The van der Waals surface area contributed by atoms with E-state index in [9.17, 15) is 4.79 Å². The number of fused-ring (bicyclic) bond motifs is 3. The summed E-state index contributed by atoms with van der Waals surface area (Å²) in [6, 6.07) is 3.90. The van der Waals surface area contributed by atoms with Crippen LogP contribution in [0.5, 0.6) is 0 Å². The zero-order valence-electron chi connectivity index (χ0n) is 15.8. The largest absolute Gasteiger partial charge is 0.446 e. The molecule has 144 valence electrons. The molecule has 4 rings (SSSR count). The molecule has 1 amide bonds. The van der Waals surface area contributed by atoms with Crippen molar-refractivity contribution in [1.82, 2.24) is 24.8 Å². The van der Waals surface area contributed by atoms with Crippen molar-refractivity contribution in [3.8, 4) is 6.07 Å². The van der Waals surface area contributed by atoms with E-state index >= 15 is 0 Å². The number of aromatic amines is 1. The second-order valence-corrected chi connectivity index (χ2v) is 6.96. The van der Waals surface area contributed by atoms with Crippen molar-refractivity contribution in [3.05, 3.63) is 24.3 Å². The number of nitriles is 1. The third-order valence-corrected chi connectivity index (χ3v) is 4.97. The van der Waals surface area contributed by atoms with Crippen molar-refractivity contribution >= 4 is 33.8 Å². The monoisotopic (exact) mass is 379 g/mol. The van der Waals surface area contributed by atoms with E-state index in [0.717, 1.165) is 41.0 Å². The van der Waals surface area contributed by atoms with Crippen LogP contribution in [0.3, 0.4) is 0 Å². The van der Waals surface area contributed by atoms with Crippen LogP contribution in [0.1, 0.15) is 18.7 Å². The van der Waals surface area contributed by atoms with Gasteiger partial charge in [0.1, 0.15) is 24.3 Å². The standard InChI is InChI=1S/C19H21N7O2/c1-12-23-15-11-22-17-14(3-7-21-17)16(15)18(24-12)26-8-4-13(5-9-26)28-19(27)25(2)10-6-20/h3,7,11,13H,4-5,8-10H2,1-2H3,(H,23,24). The van der Waals surface area contributed by atoms with Gasteiger partial charge in [0, 0.05) is 44.6 Å². The Labute approximate surface area is 161 Å². The molecule has 9 heteroatoms. The first-order valence-electron chi connectivity index (χ1n) is 9.20. The lowest BCUT2D eigenvalue weighted by Gasteiger charge is -2.33. The molecule has 3 aromatic heterocycles. The number of carbonyl (C=O) groups is 1. The molecule has 1 saturated heterocycles. The van der Waals surface area contributed by atoms with E-state index in [2.05, 4.69) is 19.9 Å². The third-order valence-electron chi connectivity index (χ3n) is 4.97. The van der Waals surface area contributed by atoms with Crippen molar-refractivity contribution < 1.29 is 9.53 Å². The molecule has 28 heavy (non-hydrogen) atoms. The molecule has 0 spiro atoms. The van der Waals surface area contributed by atoms with Gasteiger partial charge in [0.15, 0.2) is 5.65 Å². The maximum Gasteiger partial charge on any atom is 0.410 e. The van der Waals surface area contributed by atoms with E-state index < -0.39 is 6.09 Å². The first-order valence-corrected chi connectivity index (χ1v) is 9.20. The number of rotatable bonds is 3. The average Bonchev–Trinajstić information content (AvgIpc) is 3.17. The molecular formula is C19H21N7O2. The maximum atomic E-state index is 12.0. The number of ether oxygens (including phenoxy) is 1. The van der Waals surface area contributed by atoms with Crippen LogP contribution in [0.15, 0.2) is 18.5 Å². The Kier molecular flexibility index (Phi) is 4.69. The summed E-state index contributed by atoms with van der Waals surface area (Å²) in [7, 11) is 1.56. The molecular weight excluding hydrogens is 358 g/mol. The molecule has 9 nitrogen and oxygen atoms in total. The molecule has 3 aromatic rings. The number of nitrogens with one attached hydrogen (secondary N) is 1. The zero-order valence-corrected chi connectivity index (χ0v) is 15.8. The summed E-state index contributed by atoms with van der Waals surface area (Å²) in [6.07, 6.45) is 4.35. The quantitative estimate of drug-likeness (QED) is 0.695. The summed E-state index contributed by atoms with van der Waals surface area (Å²) in [6.45, 7) is 3.40. The normalized spacial score (nSPS) is 15.0. The number of nitrogens with zero attached hydrogens (tertiary/aromatic N) is 6. The van der Waals surface area contributed by atoms with E-state index in [1.54, 1.807) is 19.4 Å². The van der Waals surface area contributed by atoms with Crippen LogP contribution in [0.4, 0.5) is 10.6 Å². The molecule has 1 aliphatic heterocycles. The van der Waals surface area contributed by atoms with Crippen LogP contribution < -0.4 is 4.90 Å². The van der Waals surface area contributed by atoms with Crippen molar-refractivity contribution in [1.29, 1.82) is 5.26 Å². The lowest BCUT2D eigenvalue weighted by molar-refractivity contribution is 0.0601. The van der Waals surface area contributed by atoms with Gasteiger partial charge in [0.2, 0.25) is 0 Å². The van der Waals surface area contributed by atoms with Gasteiger partial charge in [-0.3, -0.25) is 4.90 Å². The fourth-order valence-corrected chi connectivity index (χ4v) is 3.55. The van der Waals surface area contributed by atoms with Gasteiger partial charge in [0.25, 0.3) is 0 Å². The van der Waals surface area contributed by atoms with Gasteiger partial charge in [-0.25, -0.2) is 19.7 Å². The van der Waals surface area contributed by atoms with Gasteiger partial charge in [-0.1, -0.05) is 0 Å². The van der Waals surface area contributed by atoms with E-state index in [1.807, 2.05) is 19.1 Å². The number of carbonyl (C=O) groups excluding carboxylic acids is 1. The Balaban J connectivity index is 1.55. The Morgan fingerprint density at radius 1 is 1.43 bits per heavy atom. The van der Waals surface area contributed by atoms with Crippen molar-refractivity contribution in [2.75, 3.05) is 31.6 Å². The SMILES string of the molecule is Cc1nc(N2CCC(OC(=O)N(C)CC#N)CC2)c2c(cnc3nccc32)[nH]1. The molecule has 0 aliphatic carbocycles. The zero-order chi connectivity index (χ0) is 19.7. The number of anilines is 1. The third kappa shape index (κ3) is 3.29. The molecule has 0 saturated carbocycles. The smallest absolute Gasteiger partial charge is 0.410 e. The predicted octanol–water partition coefficient (Wildman–Crippen LogP) is 2.38. The molecule has 0 aromatic carbocycles. The van der Waals surface area contributed by atoms with Gasteiger partial charge in [-0.15, -0.1) is 0 Å². The van der Waals surface area contributed by atoms with Crippen LogP contribution in [0, 0.1) is 18.3 Å². The van der Waals surface area contributed by atoms with Crippen molar-refractivity contribution in [2.24, 2.45) is 0 Å². The highest BCUT2D eigenvalue weighted by molar-refractivity contribution is 6.09. The summed E-state index contributed by atoms with van der Waals surface area (Å²) in [5, 5.41) is 10.7. The van der Waals surface area contributed by atoms with Crippen molar-refractivity contribution in [2.45, 2.75) is 25.9 Å². The molecule has 1 aliphatic rings. The Bertz CT molecular complexity index is 1060. The summed E-state index contributed by atoms with van der Waals surface area (Å²) in [4.78, 5) is 32.2. The van der Waals surface area contributed by atoms with Gasteiger partial charge in [0.05, 0.1) is 23.2 Å². The Morgan fingerprint density at radius 2 is 2.21 bits per heavy atom. The molecule has 1 fully saturated rings. The second kappa shape index (κ2) is 7.31. The number of hydrogen-bond donors (Lipinski definition) is 1. The highest BCUT2D eigenvalue weighted by Crippen LogP contribution is 2.31. The number of aromatic nitrogens is 4. The lowest BCUT2D eigenvalue weighted by Crippen LogP contribution is -2.40. The van der Waals surface area contributed by atoms with Gasteiger partial charge in [-0.05, 0) is 13.0 Å². The minimum atomic E-state index is -0.454. The average molecular weight is 379 g/mol. The number of pyridine rings is 1. The fraction of sp³-hybridized carbons (Fsp3) is 0.421. The summed E-state index contributed by atoms with van der Waals surface area (Å²) in [5.74, 6) is 1.72. The van der Waals surface area contributed by atoms with Crippen LogP contribution in [-0.2, 0) is 4.74 Å². The predicted molar refractivity (Wildman–Crippen MR) is 104 cm³/mol. The first-order chi connectivity index (χ1) is 13.6. The van der Waals surface area contributed by atoms with Crippen molar-refractivity contribution in [3.63, 3.8) is 0 Å². The molecule has 0 radical (unpaired) electrons. The molecule has 0 unspecified atom stereocenters. The molecule has 0 atom stereocenters. The summed E-state index contributed by atoms with van der Waals surface area (Å²) in [5.41, 5.74) is 1.63. The fourth-order valence-electron chi connectivity index (χ4n) is 3.55. The van der Waals surface area contributed by atoms with E-state index in [0.29, 0.717) is 18.5 Å². The van der Waals surface area contributed by atoms with Crippen LogP contribution in [0.2, 0.25) is 0 Å². The lowest BCUT2D eigenvalue weighted by atomic mass is 10.1. The molecule has 4 heterocycles. The van der Waals surface area contributed by atoms with Crippen LogP contribution >= 0.6 is 0 Å². The second-order valence-electron chi connectivity index (χ2n) is 6.96. The number of amides is 1. The summed E-state index contributed by atoms with van der Waals surface area (Å²) < 4.78 is 5.52. The highest BCUT2D eigenvalue weighted by Gasteiger charge is 2.26. The number of H-pyrrole nitrogens is 1. The number of piperidine rings is 1. The van der Waals surface area contributed by atoms with Gasteiger partial charge in [-0.2, -0.15) is 5.26 Å². The Hall–Kier alpha value is -3.41. The maximum absolute atomic E-state index is 12.0. The van der Waals surface area contributed by atoms with Crippen LogP contribution in [-0.4, -0.2) is 63.7 Å². The highest BCUT2D eigenvalue weighted by atomic mass is 16.6. The van der Waals surface area contributed by atoms with E-state index in [4.69, 9.17) is 15.0 Å².